The van der Waals surface area contributed by atoms with E-state index < -0.39 is 42.0 Å². The summed E-state index contributed by atoms with van der Waals surface area (Å²) in [6.45, 7) is 5.71. The minimum Gasteiger partial charge on any atom is -0.467 e. The molecule has 2 saturated heterocycles. The summed E-state index contributed by atoms with van der Waals surface area (Å²) in [5.74, 6) is -1.63. The fourth-order valence-electron chi connectivity index (χ4n) is 3.33. The largest absolute Gasteiger partial charge is 0.467 e. The molecule has 0 aromatic heterocycles. The third-order valence-corrected chi connectivity index (χ3v) is 5.05. The molecule has 2 rings (SSSR count). The number of aliphatic hydroxyl groups excluding tert-OH is 3. The van der Waals surface area contributed by atoms with Gasteiger partial charge in [-0.1, -0.05) is 35.5 Å². The zero-order valence-electron chi connectivity index (χ0n) is 17.7. The lowest BCUT2D eigenvalue weighted by atomic mass is 9.87. The number of aliphatic hydroxyl groups is 3. The highest BCUT2D eigenvalue weighted by molar-refractivity contribution is 5.97. The van der Waals surface area contributed by atoms with E-state index in [1.807, 2.05) is 13.8 Å². The van der Waals surface area contributed by atoms with Gasteiger partial charge in [0.2, 0.25) is 12.1 Å². The smallest absolute Gasteiger partial charge is 0.338 e. The molecule has 0 aromatic rings. The number of rotatable bonds is 9. The number of esters is 1. The van der Waals surface area contributed by atoms with Gasteiger partial charge in [-0.25, -0.2) is 4.79 Å². The Bertz CT molecular complexity index is 774. The summed E-state index contributed by atoms with van der Waals surface area (Å²) in [6, 6.07) is 0. The van der Waals surface area contributed by atoms with Crippen molar-refractivity contribution in [1.82, 2.24) is 0 Å². The zero-order valence-corrected chi connectivity index (χ0v) is 17.7. The molecule has 0 spiro atoms. The first-order valence-corrected chi connectivity index (χ1v) is 9.77. The van der Waals surface area contributed by atoms with Gasteiger partial charge in [0.25, 0.3) is 0 Å². The highest BCUT2D eigenvalue weighted by Gasteiger charge is 2.75. The van der Waals surface area contributed by atoms with Gasteiger partial charge in [0, 0.05) is 0 Å². The van der Waals surface area contributed by atoms with Crippen molar-refractivity contribution < 1.29 is 39.1 Å². The highest BCUT2D eigenvalue weighted by Crippen LogP contribution is 2.48. The van der Waals surface area contributed by atoms with Crippen molar-refractivity contribution in [3.8, 4) is 0 Å². The van der Waals surface area contributed by atoms with Crippen LogP contribution in [0.15, 0.2) is 47.1 Å². The van der Waals surface area contributed by atoms with Crippen molar-refractivity contribution in [3.05, 3.63) is 47.1 Å². The summed E-state index contributed by atoms with van der Waals surface area (Å²) in [6.07, 6.45) is 4.75. The summed E-state index contributed by atoms with van der Waals surface area (Å²) >= 11 is 0. The minimum absolute atomic E-state index is 0.0493. The summed E-state index contributed by atoms with van der Waals surface area (Å²) < 4.78 is 14.9. The van der Waals surface area contributed by atoms with Gasteiger partial charge in [0.05, 0.1) is 13.7 Å². The third-order valence-electron chi connectivity index (χ3n) is 5.05. The number of epoxide rings is 1. The number of hydrogen-bond acceptors (Lipinski definition) is 8. The highest BCUT2D eigenvalue weighted by atomic mass is 16.7. The second-order valence-corrected chi connectivity index (χ2v) is 7.65. The van der Waals surface area contributed by atoms with Crippen LogP contribution >= 0.6 is 0 Å². The molecular weight excluding hydrogens is 392 g/mol. The fourth-order valence-corrected chi connectivity index (χ4v) is 3.33. The molecule has 30 heavy (non-hydrogen) atoms. The van der Waals surface area contributed by atoms with Gasteiger partial charge in [0.15, 0.2) is 11.7 Å². The Morgan fingerprint density at radius 1 is 1.33 bits per heavy atom. The molecule has 0 aliphatic carbocycles. The standard InChI is InChI=1S/C22H30O8/c1-13(2)7-5-9-15(12-23)10-6-8-14(3)11-16(24)22-18(25)21(27)29-17(19(22)30-22)20(26)28-4/h6-8,10-11,16-17,19,21,23-24,27H,5,9,12H2,1-4H3/t16-,17-,19-,21-,22+/m1/s1. The van der Waals surface area contributed by atoms with Crippen molar-refractivity contribution in [3.63, 3.8) is 0 Å². The third kappa shape index (κ3) is 5.33. The van der Waals surface area contributed by atoms with E-state index in [-0.39, 0.29) is 6.61 Å². The van der Waals surface area contributed by atoms with E-state index in [0.29, 0.717) is 5.57 Å². The number of carbonyl (C=O) groups excluding carboxylic acids is 2. The Kier molecular flexibility index (Phi) is 8.28. The molecule has 0 aromatic carbocycles. The second-order valence-electron chi connectivity index (χ2n) is 7.65. The van der Waals surface area contributed by atoms with Gasteiger partial charge in [0.1, 0.15) is 12.2 Å². The molecule has 2 aliphatic rings. The van der Waals surface area contributed by atoms with Crippen LogP contribution in [0.2, 0.25) is 0 Å². The lowest BCUT2D eigenvalue weighted by Gasteiger charge is -2.27. The van der Waals surface area contributed by atoms with Crippen LogP contribution < -0.4 is 0 Å². The second kappa shape index (κ2) is 10.3. The van der Waals surface area contributed by atoms with Crippen molar-refractivity contribution in [2.24, 2.45) is 0 Å². The monoisotopic (exact) mass is 422 g/mol. The van der Waals surface area contributed by atoms with Gasteiger partial charge >= 0.3 is 5.97 Å². The molecule has 2 aliphatic heterocycles. The number of Topliss-reactive ketones (excluding diaryl/α,β-unsaturated/α-hetero) is 1. The Balaban J connectivity index is 2.07. The van der Waals surface area contributed by atoms with Crippen molar-refractivity contribution in [2.45, 2.75) is 63.8 Å². The van der Waals surface area contributed by atoms with Crippen LogP contribution in [0.25, 0.3) is 0 Å². The molecule has 8 heteroatoms. The van der Waals surface area contributed by atoms with Crippen LogP contribution in [-0.2, 0) is 23.8 Å². The van der Waals surface area contributed by atoms with Gasteiger partial charge < -0.3 is 29.5 Å². The van der Waals surface area contributed by atoms with Crippen LogP contribution in [0.5, 0.6) is 0 Å². The fraction of sp³-hybridized carbons (Fsp3) is 0.545. The topological polar surface area (TPSA) is 126 Å². The predicted octanol–water partition coefficient (Wildman–Crippen LogP) is 1.11. The number of ketones is 1. The van der Waals surface area contributed by atoms with E-state index in [9.17, 15) is 24.9 Å². The maximum atomic E-state index is 12.4. The van der Waals surface area contributed by atoms with Crippen molar-refractivity contribution >= 4 is 11.8 Å². The molecule has 2 heterocycles. The molecule has 166 valence electrons. The van der Waals surface area contributed by atoms with Crippen LogP contribution in [0.1, 0.15) is 33.6 Å². The zero-order chi connectivity index (χ0) is 22.5. The number of allylic oxidation sites excluding steroid dienone is 6. The van der Waals surface area contributed by atoms with Gasteiger partial charge in [-0.15, -0.1) is 0 Å². The Morgan fingerprint density at radius 3 is 2.63 bits per heavy atom. The number of methoxy groups -OCH3 is 1. The van der Waals surface area contributed by atoms with Crippen LogP contribution in [0, 0.1) is 0 Å². The lowest BCUT2D eigenvalue weighted by molar-refractivity contribution is -0.193. The average molecular weight is 422 g/mol. The number of fused-ring (bicyclic) bond motifs is 1. The van der Waals surface area contributed by atoms with Gasteiger partial charge in [-0.3, -0.25) is 4.79 Å². The predicted molar refractivity (Wildman–Crippen MR) is 108 cm³/mol. The van der Waals surface area contributed by atoms with Crippen molar-refractivity contribution in [1.29, 1.82) is 0 Å². The van der Waals surface area contributed by atoms with E-state index in [4.69, 9.17) is 9.47 Å². The van der Waals surface area contributed by atoms with Crippen LogP contribution in [-0.4, -0.2) is 71.0 Å². The molecular formula is C22H30O8. The summed E-state index contributed by atoms with van der Waals surface area (Å²) in [5.41, 5.74) is 0.984. The normalized spacial score (nSPS) is 30.1. The SMILES string of the molecule is COC(=O)[C@@H]1O[C@@H](O)C(=O)[C@]2([C@H](O)C=C(C)C=CC=C(CO)CCC=C(C)C)O[C@H]12. The first-order valence-electron chi connectivity index (χ1n) is 9.77. The maximum Gasteiger partial charge on any atom is 0.338 e. The Hall–Kier alpha value is -2.10. The lowest BCUT2D eigenvalue weighted by Crippen LogP contribution is -2.55. The Morgan fingerprint density at radius 2 is 2.03 bits per heavy atom. The Labute approximate surface area is 176 Å². The molecule has 0 amide bonds. The quantitative estimate of drug-likeness (QED) is 0.218. The molecule has 0 radical (unpaired) electrons. The van der Waals surface area contributed by atoms with Crippen LogP contribution in [0.3, 0.4) is 0 Å². The average Bonchev–Trinajstić information content (AvgIpc) is 3.46. The molecule has 0 unspecified atom stereocenters. The van der Waals surface area contributed by atoms with E-state index in [1.54, 1.807) is 25.2 Å². The number of ether oxygens (including phenoxy) is 3. The summed E-state index contributed by atoms with van der Waals surface area (Å²) in [7, 11) is 1.15. The molecule has 3 N–H and O–H groups in total. The summed E-state index contributed by atoms with van der Waals surface area (Å²) in [5, 5.41) is 29.9. The first-order chi connectivity index (χ1) is 14.2. The first kappa shape index (κ1) is 24.2. The maximum absolute atomic E-state index is 12.4. The molecule has 0 bridgehead atoms. The van der Waals surface area contributed by atoms with E-state index in [2.05, 4.69) is 10.8 Å². The number of hydrogen-bond donors (Lipinski definition) is 3. The van der Waals surface area contributed by atoms with E-state index in [1.165, 1.54) is 11.6 Å². The van der Waals surface area contributed by atoms with Gasteiger partial charge in [-0.05, 0) is 45.3 Å². The number of carbonyl (C=O) groups is 2. The molecule has 0 saturated carbocycles. The van der Waals surface area contributed by atoms with Gasteiger partial charge in [-0.2, -0.15) is 0 Å². The van der Waals surface area contributed by atoms with E-state index in [0.717, 1.165) is 25.5 Å². The van der Waals surface area contributed by atoms with Crippen LogP contribution in [0.4, 0.5) is 0 Å². The molecule has 2 fully saturated rings. The van der Waals surface area contributed by atoms with E-state index >= 15 is 0 Å². The molecule has 8 nitrogen and oxygen atoms in total. The minimum atomic E-state index is -1.89. The molecule has 5 atom stereocenters. The van der Waals surface area contributed by atoms with Crippen molar-refractivity contribution in [2.75, 3.05) is 13.7 Å². The summed E-state index contributed by atoms with van der Waals surface area (Å²) in [4.78, 5) is 24.2.